The second-order valence-corrected chi connectivity index (χ2v) is 8.19. The Balaban J connectivity index is 1.44. The molecule has 1 aliphatic heterocycles. The molecule has 1 aliphatic carbocycles. The average Bonchev–Trinajstić information content (AvgIpc) is 3.00. The lowest BCUT2D eigenvalue weighted by Gasteiger charge is -2.40. The minimum atomic E-state index is -0.280. The van der Waals surface area contributed by atoms with Crippen molar-refractivity contribution in [2.75, 3.05) is 13.1 Å². The molecular formula is C22H23FN4O. The third-order valence-corrected chi connectivity index (χ3v) is 6.26. The number of halogens is 1. The number of piperidine rings is 1. The van der Waals surface area contributed by atoms with E-state index in [2.05, 4.69) is 14.9 Å². The molecule has 3 heterocycles. The molecule has 3 aromatic rings. The number of fused-ring (bicyclic) bond motifs is 3. The first-order valence-corrected chi connectivity index (χ1v) is 9.91. The molecule has 5 rings (SSSR count). The number of rotatable bonds is 2. The summed E-state index contributed by atoms with van der Waals surface area (Å²) < 4.78 is 14.1. The first kappa shape index (κ1) is 17.5. The number of hydrogen-bond donors (Lipinski definition) is 1. The van der Waals surface area contributed by atoms with E-state index in [0.717, 1.165) is 61.1 Å². The second-order valence-electron chi connectivity index (χ2n) is 8.19. The van der Waals surface area contributed by atoms with Gasteiger partial charge in [-0.15, -0.1) is 0 Å². The van der Waals surface area contributed by atoms with Crippen molar-refractivity contribution in [2.45, 2.75) is 44.6 Å². The monoisotopic (exact) mass is 378 g/mol. The third kappa shape index (κ3) is 2.83. The van der Waals surface area contributed by atoms with Gasteiger partial charge in [0.2, 0.25) is 0 Å². The number of aromatic nitrogens is 3. The number of nitrogens with zero attached hydrogens (tertiary/aromatic N) is 3. The van der Waals surface area contributed by atoms with Crippen LogP contribution in [0.25, 0.3) is 10.9 Å². The minimum Gasteiger partial charge on any atom is -0.311 e. The number of likely N-dealkylation sites (tertiary alicyclic amines) is 1. The van der Waals surface area contributed by atoms with E-state index in [1.807, 2.05) is 25.1 Å². The summed E-state index contributed by atoms with van der Waals surface area (Å²) in [5, 5.41) is 0.822. The van der Waals surface area contributed by atoms with E-state index in [-0.39, 0.29) is 16.8 Å². The fourth-order valence-electron chi connectivity index (χ4n) is 4.99. The number of nitrogens with one attached hydrogen (secondary N) is 1. The van der Waals surface area contributed by atoms with Gasteiger partial charge in [-0.05, 0) is 51.3 Å². The van der Waals surface area contributed by atoms with E-state index < -0.39 is 0 Å². The van der Waals surface area contributed by atoms with Crippen molar-refractivity contribution in [3.05, 3.63) is 69.3 Å². The molecule has 1 saturated heterocycles. The maximum absolute atomic E-state index is 14.1. The lowest BCUT2D eigenvalue weighted by atomic mass is 9.77. The molecule has 0 bridgehead atoms. The second kappa shape index (κ2) is 6.48. The molecule has 6 heteroatoms. The SMILES string of the molecule is Cc1nc2c(c(=O)[nH]1)CCC21CCCN(Cc2ccc3cccc(F)c3n2)C1. The molecule has 1 unspecified atom stereocenters. The molecule has 2 aromatic heterocycles. The zero-order chi connectivity index (χ0) is 19.3. The summed E-state index contributed by atoms with van der Waals surface area (Å²) in [6.45, 7) is 4.38. The summed E-state index contributed by atoms with van der Waals surface area (Å²) in [6.07, 6.45) is 3.89. The maximum atomic E-state index is 14.1. The van der Waals surface area contributed by atoms with Gasteiger partial charge >= 0.3 is 0 Å². The average molecular weight is 378 g/mol. The van der Waals surface area contributed by atoms with E-state index in [4.69, 9.17) is 4.98 Å². The summed E-state index contributed by atoms with van der Waals surface area (Å²) in [5.74, 6) is 0.409. The van der Waals surface area contributed by atoms with Crippen LogP contribution >= 0.6 is 0 Å². The standard InChI is InChI=1S/C22H23FN4O/c1-14-24-20-17(21(28)25-14)8-10-22(20)9-3-11-27(13-22)12-16-7-6-15-4-2-5-18(23)19(15)26-16/h2,4-7H,3,8-13H2,1H3,(H,24,25,28). The van der Waals surface area contributed by atoms with Crippen molar-refractivity contribution < 1.29 is 4.39 Å². The van der Waals surface area contributed by atoms with Crippen LogP contribution in [-0.2, 0) is 18.4 Å². The number of pyridine rings is 1. The first-order valence-electron chi connectivity index (χ1n) is 9.91. The summed E-state index contributed by atoms with van der Waals surface area (Å²) in [6, 6.07) is 8.97. The van der Waals surface area contributed by atoms with Crippen LogP contribution in [0.1, 0.15) is 42.0 Å². The van der Waals surface area contributed by atoms with Crippen LogP contribution in [0.5, 0.6) is 0 Å². The Labute approximate surface area is 162 Å². The number of benzene rings is 1. The van der Waals surface area contributed by atoms with Crippen LogP contribution in [0.2, 0.25) is 0 Å². The lowest BCUT2D eigenvalue weighted by Crippen LogP contribution is -2.45. The van der Waals surface area contributed by atoms with Gasteiger partial charge in [0.25, 0.3) is 5.56 Å². The van der Waals surface area contributed by atoms with E-state index in [1.165, 1.54) is 6.07 Å². The van der Waals surface area contributed by atoms with Gasteiger partial charge < -0.3 is 4.98 Å². The van der Waals surface area contributed by atoms with E-state index >= 15 is 0 Å². The topological polar surface area (TPSA) is 61.9 Å². The molecule has 1 aromatic carbocycles. The Morgan fingerprint density at radius 3 is 3.00 bits per heavy atom. The predicted octanol–water partition coefficient (Wildman–Crippen LogP) is 3.25. The smallest absolute Gasteiger partial charge is 0.254 e. The minimum absolute atomic E-state index is 0.0168. The molecular weight excluding hydrogens is 355 g/mol. The number of hydrogen-bond acceptors (Lipinski definition) is 4. The van der Waals surface area contributed by atoms with Crippen molar-refractivity contribution in [1.82, 2.24) is 19.9 Å². The molecule has 0 amide bonds. The van der Waals surface area contributed by atoms with Crippen molar-refractivity contribution in [2.24, 2.45) is 0 Å². The van der Waals surface area contributed by atoms with Crippen LogP contribution in [0.3, 0.4) is 0 Å². The van der Waals surface area contributed by atoms with Gasteiger partial charge in [-0.25, -0.2) is 14.4 Å². The summed E-state index contributed by atoms with van der Waals surface area (Å²) in [7, 11) is 0. The van der Waals surface area contributed by atoms with Crippen LogP contribution < -0.4 is 5.56 Å². The molecule has 1 N–H and O–H groups in total. The summed E-state index contributed by atoms with van der Waals surface area (Å²) >= 11 is 0. The normalized spacial score (nSPS) is 22.1. The highest BCUT2D eigenvalue weighted by Crippen LogP contribution is 2.43. The van der Waals surface area contributed by atoms with Crippen LogP contribution in [-0.4, -0.2) is 32.9 Å². The third-order valence-electron chi connectivity index (χ3n) is 6.26. The van der Waals surface area contributed by atoms with E-state index in [9.17, 15) is 9.18 Å². The quantitative estimate of drug-likeness (QED) is 0.744. The van der Waals surface area contributed by atoms with E-state index in [1.54, 1.807) is 6.07 Å². The van der Waals surface area contributed by atoms with Crippen LogP contribution in [0.4, 0.5) is 4.39 Å². The summed E-state index contributed by atoms with van der Waals surface area (Å²) in [5.41, 5.74) is 3.14. The molecule has 28 heavy (non-hydrogen) atoms. The largest absolute Gasteiger partial charge is 0.311 e. The highest BCUT2D eigenvalue weighted by Gasteiger charge is 2.44. The van der Waals surface area contributed by atoms with E-state index in [0.29, 0.717) is 17.9 Å². The van der Waals surface area contributed by atoms with Gasteiger partial charge in [-0.1, -0.05) is 18.2 Å². The lowest BCUT2D eigenvalue weighted by molar-refractivity contribution is 0.135. The summed E-state index contributed by atoms with van der Waals surface area (Å²) in [4.78, 5) is 26.9. The van der Waals surface area contributed by atoms with Gasteiger partial charge in [0, 0.05) is 29.5 Å². The van der Waals surface area contributed by atoms with Gasteiger partial charge in [-0.2, -0.15) is 0 Å². The fraction of sp³-hybridized carbons (Fsp3) is 0.409. The van der Waals surface area contributed by atoms with Crippen LogP contribution in [0, 0.1) is 12.7 Å². The molecule has 0 saturated carbocycles. The highest BCUT2D eigenvalue weighted by molar-refractivity contribution is 5.79. The van der Waals surface area contributed by atoms with Gasteiger partial charge in [0.15, 0.2) is 0 Å². The number of H-pyrrole nitrogens is 1. The molecule has 1 atom stereocenters. The molecule has 144 valence electrons. The Bertz CT molecular complexity index is 1130. The van der Waals surface area contributed by atoms with Crippen LogP contribution in [0.15, 0.2) is 35.1 Å². The first-order chi connectivity index (χ1) is 13.5. The van der Waals surface area contributed by atoms with Crippen molar-refractivity contribution in [3.8, 4) is 0 Å². The van der Waals surface area contributed by atoms with Crippen molar-refractivity contribution in [3.63, 3.8) is 0 Å². The Kier molecular flexibility index (Phi) is 4.05. The molecule has 0 radical (unpaired) electrons. The van der Waals surface area contributed by atoms with Gasteiger partial charge in [-0.3, -0.25) is 9.69 Å². The Hall–Kier alpha value is -2.60. The Morgan fingerprint density at radius 2 is 2.11 bits per heavy atom. The zero-order valence-corrected chi connectivity index (χ0v) is 16.0. The number of para-hydroxylation sites is 1. The number of aryl methyl sites for hydroxylation is 1. The van der Waals surface area contributed by atoms with Crippen molar-refractivity contribution in [1.29, 1.82) is 0 Å². The fourth-order valence-corrected chi connectivity index (χ4v) is 4.99. The molecule has 1 spiro atoms. The van der Waals surface area contributed by atoms with Gasteiger partial charge in [0.1, 0.15) is 17.2 Å². The molecule has 1 fully saturated rings. The van der Waals surface area contributed by atoms with Crippen molar-refractivity contribution >= 4 is 10.9 Å². The highest BCUT2D eigenvalue weighted by atomic mass is 19.1. The number of aromatic amines is 1. The molecule has 5 nitrogen and oxygen atoms in total. The maximum Gasteiger partial charge on any atom is 0.254 e. The van der Waals surface area contributed by atoms with Gasteiger partial charge in [0.05, 0.1) is 11.4 Å². The predicted molar refractivity (Wildman–Crippen MR) is 106 cm³/mol. The zero-order valence-electron chi connectivity index (χ0n) is 16.0. The Morgan fingerprint density at radius 1 is 1.21 bits per heavy atom. The molecule has 2 aliphatic rings.